The van der Waals surface area contributed by atoms with Gasteiger partial charge in [-0.2, -0.15) is 0 Å². The Morgan fingerprint density at radius 3 is 2.48 bits per heavy atom. The maximum atomic E-state index is 10.8. The first-order valence-electron chi connectivity index (χ1n) is 6.78. The number of hydrogen-bond acceptors (Lipinski definition) is 3. The highest BCUT2D eigenvalue weighted by Gasteiger charge is 2.09. The van der Waals surface area contributed by atoms with Gasteiger partial charge in [0.05, 0.1) is 5.56 Å². The number of aromatic carboxylic acids is 1. The van der Waals surface area contributed by atoms with E-state index in [1.807, 2.05) is 32.0 Å². The largest absolute Gasteiger partial charge is 0.489 e. The first-order chi connectivity index (χ1) is 9.97. The number of rotatable bonds is 5. The lowest BCUT2D eigenvalue weighted by Gasteiger charge is -2.15. The third-order valence-corrected chi connectivity index (χ3v) is 3.25. The molecule has 2 aromatic rings. The average molecular weight is 285 g/mol. The summed E-state index contributed by atoms with van der Waals surface area (Å²) in [6.07, 6.45) is 0. The molecule has 0 aliphatic rings. The Morgan fingerprint density at radius 1 is 1.24 bits per heavy atom. The molecule has 110 valence electrons. The van der Waals surface area contributed by atoms with E-state index in [0.29, 0.717) is 6.61 Å². The second-order valence-electron chi connectivity index (χ2n) is 5.12. The monoisotopic (exact) mass is 285 g/mol. The van der Waals surface area contributed by atoms with Crippen molar-refractivity contribution in [2.75, 3.05) is 0 Å². The van der Waals surface area contributed by atoms with Crippen LogP contribution in [0, 0.1) is 6.92 Å². The molecule has 0 saturated carbocycles. The predicted octanol–water partition coefficient (Wildman–Crippen LogP) is 3.29. The summed E-state index contributed by atoms with van der Waals surface area (Å²) in [5, 5.41) is 8.86. The number of hydrogen-bond donors (Lipinski definition) is 2. The van der Waals surface area contributed by atoms with Gasteiger partial charge in [-0.05, 0) is 37.6 Å². The smallest absolute Gasteiger partial charge is 0.335 e. The van der Waals surface area contributed by atoms with Crippen LogP contribution >= 0.6 is 0 Å². The summed E-state index contributed by atoms with van der Waals surface area (Å²) in [4.78, 5) is 10.8. The molecule has 2 aromatic carbocycles. The third-order valence-electron chi connectivity index (χ3n) is 3.25. The first-order valence-corrected chi connectivity index (χ1v) is 6.78. The Labute approximate surface area is 124 Å². The molecule has 21 heavy (non-hydrogen) atoms. The molecule has 0 unspecified atom stereocenters. The van der Waals surface area contributed by atoms with E-state index < -0.39 is 5.97 Å². The molecule has 0 fully saturated rings. The molecule has 3 N–H and O–H groups in total. The van der Waals surface area contributed by atoms with Crippen LogP contribution < -0.4 is 10.5 Å². The van der Waals surface area contributed by atoms with Crippen molar-refractivity contribution in [3.8, 4) is 5.75 Å². The van der Waals surface area contributed by atoms with Gasteiger partial charge in [0.1, 0.15) is 12.4 Å². The highest BCUT2D eigenvalue weighted by atomic mass is 16.5. The van der Waals surface area contributed by atoms with E-state index >= 15 is 0 Å². The molecular weight excluding hydrogens is 266 g/mol. The second-order valence-corrected chi connectivity index (χ2v) is 5.12. The summed E-state index contributed by atoms with van der Waals surface area (Å²) in [6, 6.07) is 12.5. The Balaban J connectivity index is 2.11. The fourth-order valence-corrected chi connectivity index (χ4v) is 2.06. The highest BCUT2D eigenvalue weighted by Crippen LogP contribution is 2.25. The van der Waals surface area contributed by atoms with Gasteiger partial charge in [0.2, 0.25) is 0 Å². The molecule has 4 heteroatoms. The van der Waals surface area contributed by atoms with Crippen molar-refractivity contribution >= 4 is 5.97 Å². The van der Waals surface area contributed by atoms with Crippen molar-refractivity contribution in [1.29, 1.82) is 0 Å². The van der Waals surface area contributed by atoms with Crippen molar-refractivity contribution < 1.29 is 14.6 Å². The topological polar surface area (TPSA) is 72.5 Å². The Bertz CT molecular complexity index is 633. The van der Waals surface area contributed by atoms with Crippen LogP contribution in [0.5, 0.6) is 5.75 Å². The van der Waals surface area contributed by atoms with Gasteiger partial charge in [0, 0.05) is 11.6 Å². The Hall–Kier alpha value is -2.33. The molecule has 0 aliphatic carbocycles. The van der Waals surface area contributed by atoms with Crippen LogP contribution in [0.25, 0.3) is 0 Å². The number of ether oxygens (including phenoxy) is 1. The summed E-state index contributed by atoms with van der Waals surface area (Å²) in [5.41, 5.74) is 9.25. The lowest BCUT2D eigenvalue weighted by molar-refractivity contribution is 0.0697. The standard InChI is InChI=1S/C17H19NO3/c1-11-3-8-16(15(9-11)12(2)18)21-10-13-4-6-14(7-5-13)17(19)20/h3-9,12H,10,18H2,1-2H3,(H,19,20)/t12-/m0/s1. The molecule has 0 heterocycles. The molecule has 0 aromatic heterocycles. The maximum Gasteiger partial charge on any atom is 0.335 e. The number of carboxylic acid groups (broad SMARTS) is 1. The second kappa shape index (κ2) is 6.41. The molecule has 0 spiro atoms. The van der Waals surface area contributed by atoms with E-state index in [2.05, 4.69) is 0 Å². The SMILES string of the molecule is Cc1ccc(OCc2ccc(C(=O)O)cc2)c([C@H](C)N)c1. The molecular formula is C17H19NO3. The number of carboxylic acids is 1. The summed E-state index contributed by atoms with van der Waals surface area (Å²) in [6.45, 7) is 4.31. The average Bonchev–Trinajstić information content (AvgIpc) is 2.46. The van der Waals surface area contributed by atoms with Gasteiger partial charge < -0.3 is 15.6 Å². The lowest BCUT2D eigenvalue weighted by atomic mass is 10.1. The Morgan fingerprint density at radius 2 is 1.90 bits per heavy atom. The van der Waals surface area contributed by atoms with E-state index in [-0.39, 0.29) is 11.6 Å². The molecule has 0 saturated heterocycles. The zero-order valence-corrected chi connectivity index (χ0v) is 12.2. The molecule has 0 bridgehead atoms. The first kappa shape index (κ1) is 15.1. The van der Waals surface area contributed by atoms with Crippen molar-refractivity contribution in [3.63, 3.8) is 0 Å². The maximum absolute atomic E-state index is 10.8. The van der Waals surface area contributed by atoms with Gasteiger partial charge in [-0.3, -0.25) is 0 Å². The molecule has 1 atom stereocenters. The van der Waals surface area contributed by atoms with Crippen LogP contribution in [0.4, 0.5) is 0 Å². The quantitative estimate of drug-likeness (QED) is 0.884. The van der Waals surface area contributed by atoms with E-state index in [4.69, 9.17) is 15.6 Å². The van der Waals surface area contributed by atoms with Crippen LogP contribution in [-0.4, -0.2) is 11.1 Å². The van der Waals surface area contributed by atoms with E-state index in [1.54, 1.807) is 24.3 Å². The fourth-order valence-electron chi connectivity index (χ4n) is 2.06. The van der Waals surface area contributed by atoms with Crippen molar-refractivity contribution in [2.24, 2.45) is 5.73 Å². The minimum absolute atomic E-state index is 0.103. The predicted molar refractivity (Wildman–Crippen MR) is 81.5 cm³/mol. The third kappa shape index (κ3) is 3.83. The Kier molecular flexibility index (Phi) is 4.60. The summed E-state index contributed by atoms with van der Waals surface area (Å²) >= 11 is 0. The van der Waals surface area contributed by atoms with Gasteiger partial charge in [0.15, 0.2) is 0 Å². The molecule has 0 radical (unpaired) electrons. The van der Waals surface area contributed by atoms with Crippen LogP contribution in [0.2, 0.25) is 0 Å². The summed E-state index contributed by atoms with van der Waals surface area (Å²) in [7, 11) is 0. The summed E-state index contributed by atoms with van der Waals surface area (Å²) in [5.74, 6) is -0.168. The van der Waals surface area contributed by atoms with Crippen LogP contribution in [0.15, 0.2) is 42.5 Å². The van der Waals surface area contributed by atoms with E-state index in [0.717, 1.165) is 22.4 Å². The minimum Gasteiger partial charge on any atom is -0.489 e. The minimum atomic E-state index is -0.930. The van der Waals surface area contributed by atoms with Crippen LogP contribution in [0.1, 0.15) is 40.0 Å². The van der Waals surface area contributed by atoms with E-state index in [1.165, 1.54) is 0 Å². The van der Waals surface area contributed by atoms with Crippen molar-refractivity contribution in [2.45, 2.75) is 26.5 Å². The van der Waals surface area contributed by atoms with Crippen LogP contribution in [0.3, 0.4) is 0 Å². The zero-order chi connectivity index (χ0) is 15.4. The van der Waals surface area contributed by atoms with Crippen molar-refractivity contribution in [3.05, 3.63) is 64.7 Å². The van der Waals surface area contributed by atoms with Crippen molar-refractivity contribution in [1.82, 2.24) is 0 Å². The number of aryl methyl sites for hydroxylation is 1. The zero-order valence-electron chi connectivity index (χ0n) is 12.2. The van der Waals surface area contributed by atoms with Gasteiger partial charge in [0.25, 0.3) is 0 Å². The number of nitrogens with two attached hydrogens (primary N) is 1. The van der Waals surface area contributed by atoms with Gasteiger partial charge in [-0.25, -0.2) is 4.79 Å². The number of carbonyl (C=O) groups is 1. The van der Waals surface area contributed by atoms with Gasteiger partial charge in [-0.15, -0.1) is 0 Å². The molecule has 2 rings (SSSR count). The number of benzene rings is 2. The van der Waals surface area contributed by atoms with Gasteiger partial charge >= 0.3 is 5.97 Å². The van der Waals surface area contributed by atoms with Gasteiger partial charge in [-0.1, -0.05) is 29.8 Å². The van der Waals surface area contributed by atoms with Crippen LogP contribution in [-0.2, 0) is 6.61 Å². The summed E-state index contributed by atoms with van der Waals surface area (Å²) < 4.78 is 5.81. The fraction of sp³-hybridized carbons (Fsp3) is 0.235. The highest BCUT2D eigenvalue weighted by molar-refractivity contribution is 5.87. The molecule has 0 aliphatic heterocycles. The lowest BCUT2D eigenvalue weighted by Crippen LogP contribution is -2.08. The molecule has 0 amide bonds. The normalized spacial score (nSPS) is 12.0. The van der Waals surface area contributed by atoms with E-state index in [9.17, 15) is 4.79 Å². The molecule has 4 nitrogen and oxygen atoms in total.